The molecule has 3 rings (SSSR count). The molecule has 1 atom stereocenters. The molecule has 30 heavy (non-hydrogen) atoms. The van der Waals surface area contributed by atoms with Crippen molar-refractivity contribution < 1.29 is 18.7 Å². The van der Waals surface area contributed by atoms with Gasteiger partial charge in [0, 0.05) is 57.2 Å². The number of nitrogens with zero attached hydrogens (tertiary/aromatic N) is 1. The van der Waals surface area contributed by atoms with E-state index in [1.807, 2.05) is 0 Å². The van der Waals surface area contributed by atoms with E-state index >= 15 is 0 Å². The first-order chi connectivity index (χ1) is 14.6. The van der Waals surface area contributed by atoms with Crippen LogP contribution in [-0.4, -0.2) is 49.1 Å². The summed E-state index contributed by atoms with van der Waals surface area (Å²) >= 11 is 0. The third-order valence-corrected chi connectivity index (χ3v) is 5.33. The Morgan fingerprint density at radius 3 is 2.90 bits per heavy atom. The van der Waals surface area contributed by atoms with Crippen molar-refractivity contribution in [3.05, 3.63) is 53.6 Å². The average molecular weight is 416 g/mol. The number of hydrogen-bond donors (Lipinski definition) is 2. The van der Waals surface area contributed by atoms with Gasteiger partial charge in [0.2, 0.25) is 0 Å². The van der Waals surface area contributed by atoms with Crippen LogP contribution < -0.4 is 10.6 Å². The number of aromatic nitrogens is 1. The Morgan fingerprint density at radius 2 is 2.17 bits per heavy atom. The van der Waals surface area contributed by atoms with Gasteiger partial charge in [0.1, 0.15) is 11.6 Å². The fourth-order valence-electron chi connectivity index (χ4n) is 3.74. The number of amides is 1. The lowest BCUT2D eigenvalue weighted by Gasteiger charge is -2.23. The number of carbonyl (C=O) groups is 2. The molecule has 1 aromatic heterocycles. The van der Waals surface area contributed by atoms with Gasteiger partial charge in [0.05, 0.1) is 5.56 Å². The monoisotopic (exact) mass is 415 g/mol. The smallest absolute Gasteiger partial charge is 0.253 e. The minimum absolute atomic E-state index is 0.0707. The molecule has 6 nitrogen and oxygen atoms in total. The Morgan fingerprint density at radius 1 is 1.30 bits per heavy atom. The number of rotatable bonds is 10. The highest BCUT2D eigenvalue weighted by atomic mass is 19.1. The molecule has 2 heterocycles. The first-order valence-corrected chi connectivity index (χ1v) is 10.6. The Balaban J connectivity index is 1.77. The molecule has 2 N–H and O–H groups in total. The van der Waals surface area contributed by atoms with Crippen LogP contribution in [0, 0.1) is 5.82 Å². The van der Waals surface area contributed by atoms with Crippen LogP contribution in [-0.2, 0) is 16.0 Å². The summed E-state index contributed by atoms with van der Waals surface area (Å²) in [5.41, 5.74) is 1.74. The third-order valence-electron chi connectivity index (χ3n) is 5.33. The van der Waals surface area contributed by atoms with Crippen molar-refractivity contribution in [2.75, 3.05) is 26.8 Å². The van der Waals surface area contributed by atoms with Crippen LogP contribution in [0.4, 0.5) is 4.39 Å². The van der Waals surface area contributed by atoms with E-state index in [4.69, 9.17) is 4.74 Å². The maximum Gasteiger partial charge on any atom is 0.253 e. The second kappa shape index (κ2) is 11.0. The second-order valence-electron chi connectivity index (χ2n) is 7.77. The predicted octanol–water partition coefficient (Wildman–Crippen LogP) is 3.03. The van der Waals surface area contributed by atoms with Crippen molar-refractivity contribution >= 4 is 11.7 Å². The second-order valence-corrected chi connectivity index (χ2v) is 7.77. The van der Waals surface area contributed by atoms with Gasteiger partial charge in [-0.2, -0.15) is 0 Å². The maximum atomic E-state index is 13.7. The minimum Gasteiger partial charge on any atom is -0.385 e. The van der Waals surface area contributed by atoms with Crippen molar-refractivity contribution in [2.24, 2.45) is 0 Å². The largest absolute Gasteiger partial charge is 0.385 e. The van der Waals surface area contributed by atoms with Crippen molar-refractivity contribution in [3.63, 3.8) is 0 Å². The molecule has 0 aliphatic carbocycles. The topological polar surface area (TPSA) is 72.4 Å². The number of unbranched alkanes of at least 4 members (excludes halogenated alkanes) is 1. The summed E-state index contributed by atoms with van der Waals surface area (Å²) in [5.74, 6) is -0.464. The highest BCUT2D eigenvalue weighted by Gasteiger charge is 2.21. The van der Waals surface area contributed by atoms with Crippen LogP contribution in [0.3, 0.4) is 0 Å². The van der Waals surface area contributed by atoms with E-state index < -0.39 is 0 Å². The predicted molar refractivity (Wildman–Crippen MR) is 114 cm³/mol. The quantitative estimate of drug-likeness (QED) is 0.585. The van der Waals surface area contributed by atoms with Crippen molar-refractivity contribution in [3.8, 4) is 5.69 Å². The normalized spacial score (nSPS) is 16.4. The maximum absolute atomic E-state index is 13.7. The summed E-state index contributed by atoms with van der Waals surface area (Å²) < 4.78 is 20.4. The van der Waals surface area contributed by atoms with Gasteiger partial charge in [-0.25, -0.2) is 4.39 Å². The molecule has 1 aliphatic heterocycles. The van der Waals surface area contributed by atoms with Gasteiger partial charge in [-0.3, -0.25) is 9.59 Å². The third kappa shape index (κ3) is 6.24. The van der Waals surface area contributed by atoms with Crippen LogP contribution in [0.15, 0.2) is 36.7 Å². The van der Waals surface area contributed by atoms with Crippen LogP contribution in [0.1, 0.15) is 48.0 Å². The zero-order valence-electron chi connectivity index (χ0n) is 17.5. The van der Waals surface area contributed by atoms with Crippen LogP contribution >= 0.6 is 0 Å². The van der Waals surface area contributed by atoms with Gasteiger partial charge >= 0.3 is 0 Å². The summed E-state index contributed by atoms with van der Waals surface area (Å²) in [6.45, 7) is 2.33. The number of hydrogen-bond acceptors (Lipinski definition) is 4. The lowest BCUT2D eigenvalue weighted by molar-refractivity contribution is -0.118. The zero-order chi connectivity index (χ0) is 21.3. The molecular weight excluding hydrogens is 385 g/mol. The van der Waals surface area contributed by atoms with Gasteiger partial charge in [-0.1, -0.05) is 6.07 Å². The zero-order valence-corrected chi connectivity index (χ0v) is 17.5. The summed E-state index contributed by atoms with van der Waals surface area (Å²) in [6, 6.07) is 6.25. The van der Waals surface area contributed by atoms with E-state index in [2.05, 4.69) is 10.6 Å². The average Bonchev–Trinajstić information content (AvgIpc) is 3.16. The molecule has 0 radical (unpaired) electrons. The molecule has 0 saturated carbocycles. The van der Waals surface area contributed by atoms with E-state index in [1.165, 1.54) is 12.1 Å². The Hall–Kier alpha value is -2.51. The summed E-state index contributed by atoms with van der Waals surface area (Å²) in [5, 5.41) is 6.35. The van der Waals surface area contributed by atoms with E-state index in [1.54, 1.807) is 36.2 Å². The highest BCUT2D eigenvalue weighted by Crippen LogP contribution is 2.19. The lowest BCUT2D eigenvalue weighted by Crippen LogP contribution is -2.45. The van der Waals surface area contributed by atoms with Gasteiger partial charge in [-0.15, -0.1) is 0 Å². The molecular formula is C23H30FN3O3. The number of ether oxygens (including phenoxy) is 1. The fraction of sp³-hybridized carbons (Fsp3) is 0.478. The van der Waals surface area contributed by atoms with Crippen molar-refractivity contribution in [1.29, 1.82) is 0 Å². The molecule has 2 aromatic rings. The number of carbonyl (C=O) groups excluding carboxylic acids is 2. The highest BCUT2D eigenvalue weighted by molar-refractivity contribution is 5.97. The SMILES string of the molecule is COCCCCC(=O)Cc1cn(-c2cccc(F)c2)cc1C(=O)N[C@H]1CCCNC1. The number of methoxy groups -OCH3 is 1. The number of Topliss-reactive ketones (excluding diaryl/α,β-unsaturated/α-hetero) is 1. The van der Waals surface area contributed by atoms with Gasteiger partial charge in [0.15, 0.2) is 0 Å². The Bertz CT molecular complexity index is 859. The number of ketones is 1. The van der Waals surface area contributed by atoms with E-state index in [0.29, 0.717) is 29.8 Å². The standard InChI is InChI=1S/C23H30FN3O3/c1-30-11-3-2-9-21(28)12-17-15-27(20-8-4-6-18(24)13-20)16-22(17)23(29)26-19-7-5-10-25-14-19/h4,6,8,13,15-16,19,25H,2-3,5,7,9-12,14H2,1H3,(H,26,29)/t19-/m0/s1. The molecule has 1 fully saturated rings. The van der Waals surface area contributed by atoms with Crippen LogP contribution in [0.25, 0.3) is 5.69 Å². The number of nitrogens with one attached hydrogen (secondary N) is 2. The minimum atomic E-state index is -0.351. The molecule has 0 bridgehead atoms. The summed E-state index contributed by atoms with van der Waals surface area (Å²) in [6.07, 6.45) is 7.60. The Labute approximate surface area is 176 Å². The molecule has 0 unspecified atom stereocenters. The molecule has 1 aromatic carbocycles. The van der Waals surface area contributed by atoms with Crippen LogP contribution in [0.5, 0.6) is 0 Å². The summed E-state index contributed by atoms with van der Waals surface area (Å²) in [7, 11) is 1.64. The molecule has 162 valence electrons. The molecule has 1 aliphatic rings. The van der Waals surface area contributed by atoms with E-state index in [9.17, 15) is 14.0 Å². The number of benzene rings is 1. The van der Waals surface area contributed by atoms with Crippen LogP contribution in [0.2, 0.25) is 0 Å². The number of halogens is 1. The molecule has 7 heteroatoms. The lowest BCUT2D eigenvalue weighted by atomic mass is 10.0. The van der Waals surface area contributed by atoms with Gasteiger partial charge in [-0.05, 0) is 56.0 Å². The molecule has 0 spiro atoms. The Kier molecular flexibility index (Phi) is 8.16. The fourth-order valence-corrected chi connectivity index (χ4v) is 3.74. The summed E-state index contributed by atoms with van der Waals surface area (Å²) in [4.78, 5) is 25.5. The molecule has 1 saturated heterocycles. The van der Waals surface area contributed by atoms with Crippen molar-refractivity contribution in [1.82, 2.24) is 15.2 Å². The van der Waals surface area contributed by atoms with Gasteiger partial charge < -0.3 is 19.9 Å². The van der Waals surface area contributed by atoms with Crippen molar-refractivity contribution in [2.45, 2.75) is 44.6 Å². The van der Waals surface area contributed by atoms with E-state index in [0.717, 1.165) is 38.8 Å². The number of piperidine rings is 1. The van der Waals surface area contributed by atoms with Gasteiger partial charge in [0.25, 0.3) is 5.91 Å². The first kappa shape index (κ1) is 22.2. The first-order valence-electron chi connectivity index (χ1n) is 10.6. The molecule has 1 amide bonds. The van der Waals surface area contributed by atoms with E-state index in [-0.39, 0.29) is 30.0 Å².